The first kappa shape index (κ1) is 13.4. The molecule has 2 N–H and O–H groups in total. The predicted molar refractivity (Wildman–Crippen MR) is 74.2 cm³/mol. The molecule has 2 aromatic heterocycles. The first-order chi connectivity index (χ1) is 9.03. The van der Waals surface area contributed by atoms with Crippen LogP contribution < -0.4 is 10.6 Å². The molecule has 0 radical (unpaired) electrons. The molecule has 0 unspecified atom stereocenters. The zero-order valence-corrected chi connectivity index (χ0v) is 11.8. The van der Waals surface area contributed by atoms with Crippen molar-refractivity contribution in [1.29, 1.82) is 0 Å². The van der Waals surface area contributed by atoms with Crippen LogP contribution in [0.3, 0.4) is 0 Å². The van der Waals surface area contributed by atoms with E-state index < -0.39 is 5.54 Å². The Balaban J connectivity index is 2.12. The van der Waals surface area contributed by atoms with Gasteiger partial charge in [-0.25, -0.2) is 4.98 Å². The van der Waals surface area contributed by atoms with Crippen LogP contribution in [0.25, 0.3) is 0 Å². The Morgan fingerprint density at radius 1 is 1.32 bits per heavy atom. The van der Waals surface area contributed by atoms with Crippen LogP contribution in [0, 0.1) is 0 Å². The molecule has 0 aliphatic carbocycles. The predicted octanol–water partition coefficient (Wildman–Crippen LogP) is 1.64. The van der Waals surface area contributed by atoms with Crippen molar-refractivity contribution in [3.8, 4) is 0 Å². The zero-order valence-electron chi connectivity index (χ0n) is 11.0. The standard InChI is InChI=1S/C12H15N5OS/c1-12(2,11-14-6-7-19-11)15-10(18)8-4-5-9(13-3)17-16-8/h4-7H,1-3H3,(H,13,17)(H,15,18). The highest BCUT2D eigenvalue weighted by Crippen LogP contribution is 2.22. The highest BCUT2D eigenvalue weighted by Gasteiger charge is 2.26. The van der Waals surface area contributed by atoms with Gasteiger partial charge in [-0.3, -0.25) is 4.79 Å². The van der Waals surface area contributed by atoms with Crippen molar-refractivity contribution in [2.45, 2.75) is 19.4 Å². The molecule has 1 amide bonds. The molecular weight excluding hydrogens is 262 g/mol. The number of amides is 1. The monoisotopic (exact) mass is 277 g/mol. The second kappa shape index (κ2) is 5.31. The lowest BCUT2D eigenvalue weighted by molar-refractivity contribution is 0.0906. The van der Waals surface area contributed by atoms with Crippen LogP contribution in [-0.2, 0) is 5.54 Å². The number of thiazole rings is 1. The molecule has 0 aromatic carbocycles. The third kappa shape index (κ3) is 3.05. The van der Waals surface area contributed by atoms with Gasteiger partial charge in [-0.15, -0.1) is 21.5 Å². The molecule has 100 valence electrons. The van der Waals surface area contributed by atoms with Crippen molar-refractivity contribution >= 4 is 23.1 Å². The van der Waals surface area contributed by atoms with Crippen LogP contribution in [0.1, 0.15) is 29.3 Å². The molecule has 2 heterocycles. The fraction of sp³-hybridized carbons (Fsp3) is 0.333. The molecule has 7 heteroatoms. The third-order valence-corrected chi connectivity index (χ3v) is 3.64. The van der Waals surface area contributed by atoms with Crippen LogP contribution in [0.2, 0.25) is 0 Å². The maximum absolute atomic E-state index is 12.1. The van der Waals surface area contributed by atoms with Crippen molar-refractivity contribution in [3.05, 3.63) is 34.4 Å². The van der Waals surface area contributed by atoms with E-state index >= 15 is 0 Å². The summed E-state index contributed by atoms with van der Waals surface area (Å²) in [6, 6.07) is 3.34. The van der Waals surface area contributed by atoms with Gasteiger partial charge in [0.05, 0.1) is 5.54 Å². The third-order valence-electron chi connectivity index (χ3n) is 2.55. The minimum atomic E-state index is -0.533. The Morgan fingerprint density at radius 2 is 2.11 bits per heavy atom. The fourth-order valence-electron chi connectivity index (χ4n) is 1.52. The van der Waals surface area contributed by atoms with Gasteiger partial charge in [0.2, 0.25) is 0 Å². The smallest absolute Gasteiger partial charge is 0.272 e. The van der Waals surface area contributed by atoms with Crippen molar-refractivity contribution in [2.75, 3.05) is 12.4 Å². The Kier molecular flexibility index (Phi) is 3.75. The Morgan fingerprint density at radius 3 is 2.63 bits per heavy atom. The average molecular weight is 277 g/mol. The molecule has 0 fully saturated rings. The molecule has 0 aliphatic heterocycles. The molecule has 2 rings (SSSR count). The van der Waals surface area contributed by atoms with Gasteiger partial charge in [0.15, 0.2) is 5.69 Å². The maximum atomic E-state index is 12.1. The van der Waals surface area contributed by atoms with E-state index in [1.807, 2.05) is 19.2 Å². The summed E-state index contributed by atoms with van der Waals surface area (Å²) in [5, 5.41) is 16.2. The van der Waals surface area contributed by atoms with Gasteiger partial charge in [-0.2, -0.15) is 0 Å². The summed E-state index contributed by atoms with van der Waals surface area (Å²) in [6.45, 7) is 3.80. The summed E-state index contributed by atoms with van der Waals surface area (Å²) in [5.41, 5.74) is -0.252. The second-order valence-electron chi connectivity index (χ2n) is 4.47. The summed E-state index contributed by atoms with van der Waals surface area (Å²) >= 11 is 1.50. The number of nitrogens with one attached hydrogen (secondary N) is 2. The van der Waals surface area contributed by atoms with Crippen LogP contribution in [0.4, 0.5) is 5.82 Å². The highest BCUT2D eigenvalue weighted by atomic mass is 32.1. The van der Waals surface area contributed by atoms with Gasteiger partial charge in [0.25, 0.3) is 5.91 Å². The Labute approximate surface area is 115 Å². The topological polar surface area (TPSA) is 79.8 Å². The van der Waals surface area contributed by atoms with E-state index in [4.69, 9.17) is 0 Å². The van der Waals surface area contributed by atoms with E-state index in [-0.39, 0.29) is 11.6 Å². The van der Waals surface area contributed by atoms with Gasteiger partial charge in [0, 0.05) is 18.6 Å². The van der Waals surface area contributed by atoms with Gasteiger partial charge in [0.1, 0.15) is 10.8 Å². The lowest BCUT2D eigenvalue weighted by Gasteiger charge is -2.23. The molecule has 0 atom stereocenters. The minimum absolute atomic E-state index is 0.268. The molecule has 0 aliphatic rings. The lowest BCUT2D eigenvalue weighted by Crippen LogP contribution is -2.41. The Hall–Kier alpha value is -2.02. The number of rotatable bonds is 4. The SMILES string of the molecule is CNc1ccc(C(=O)NC(C)(C)c2nccs2)nn1. The molecule has 0 saturated carbocycles. The number of hydrogen-bond donors (Lipinski definition) is 2. The van der Waals surface area contributed by atoms with Gasteiger partial charge in [-0.1, -0.05) is 0 Å². The normalized spacial score (nSPS) is 11.1. The van der Waals surface area contributed by atoms with E-state index in [1.165, 1.54) is 11.3 Å². The summed E-state index contributed by atoms with van der Waals surface area (Å²) in [6.07, 6.45) is 1.72. The number of carbonyl (C=O) groups excluding carboxylic acids is 1. The summed E-state index contributed by atoms with van der Waals surface area (Å²) in [5.74, 6) is 0.353. The van der Waals surface area contributed by atoms with Crippen LogP contribution in [-0.4, -0.2) is 28.1 Å². The number of carbonyl (C=O) groups is 1. The summed E-state index contributed by atoms with van der Waals surface area (Å²) in [4.78, 5) is 16.3. The van der Waals surface area contributed by atoms with Gasteiger partial charge in [-0.05, 0) is 26.0 Å². The summed E-state index contributed by atoms with van der Waals surface area (Å²) < 4.78 is 0. The van der Waals surface area contributed by atoms with E-state index in [2.05, 4.69) is 25.8 Å². The first-order valence-corrected chi connectivity index (χ1v) is 6.65. The van der Waals surface area contributed by atoms with E-state index in [1.54, 1.807) is 25.4 Å². The number of anilines is 1. The number of nitrogens with zero attached hydrogens (tertiary/aromatic N) is 3. The molecule has 6 nitrogen and oxygen atoms in total. The number of aromatic nitrogens is 3. The van der Waals surface area contributed by atoms with Gasteiger partial charge >= 0.3 is 0 Å². The molecule has 19 heavy (non-hydrogen) atoms. The van der Waals surface area contributed by atoms with Crippen molar-refractivity contribution in [3.63, 3.8) is 0 Å². The van der Waals surface area contributed by atoms with Crippen molar-refractivity contribution < 1.29 is 4.79 Å². The fourth-order valence-corrected chi connectivity index (χ4v) is 2.24. The molecule has 0 bridgehead atoms. The van der Waals surface area contributed by atoms with Crippen LogP contribution in [0.5, 0.6) is 0 Å². The largest absolute Gasteiger partial charge is 0.372 e. The molecule has 2 aromatic rings. The number of hydrogen-bond acceptors (Lipinski definition) is 6. The quantitative estimate of drug-likeness (QED) is 0.888. The van der Waals surface area contributed by atoms with Crippen molar-refractivity contribution in [1.82, 2.24) is 20.5 Å². The average Bonchev–Trinajstić information content (AvgIpc) is 2.93. The first-order valence-electron chi connectivity index (χ1n) is 5.77. The van der Waals surface area contributed by atoms with E-state index in [0.29, 0.717) is 5.82 Å². The van der Waals surface area contributed by atoms with E-state index in [9.17, 15) is 4.79 Å². The summed E-state index contributed by atoms with van der Waals surface area (Å²) in [7, 11) is 1.75. The maximum Gasteiger partial charge on any atom is 0.272 e. The second-order valence-corrected chi connectivity index (χ2v) is 5.36. The Bertz CT molecular complexity index is 550. The van der Waals surface area contributed by atoms with E-state index in [0.717, 1.165) is 5.01 Å². The molecule has 0 spiro atoms. The molecule has 0 saturated heterocycles. The highest BCUT2D eigenvalue weighted by molar-refractivity contribution is 7.09. The lowest BCUT2D eigenvalue weighted by atomic mass is 10.1. The van der Waals surface area contributed by atoms with Crippen molar-refractivity contribution in [2.24, 2.45) is 0 Å². The van der Waals surface area contributed by atoms with Gasteiger partial charge < -0.3 is 10.6 Å². The minimum Gasteiger partial charge on any atom is -0.372 e. The van der Waals surface area contributed by atoms with Crippen LogP contribution in [0.15, 0.2) is 23.7 Å². The zero-order chi connectivity index (χ0) is 13.9. The molecular formula is C12H15N5OS. The van der Waals surface area contributed by atoms with Crippen LogP contribution >= 0.6 is 11.3 Å².